The minimum Gasteiger partial charge on any atom is -0.374 e. The first-order valence-electron chi connectivity index (χ1n) is 9.29. The molecule has 0 aliphatic carbocycles. The van der Waals surface area contributed by atoms with E-state index in [0.717, 1.165) is 29.9 Å². The summed E-state index contributed by atoms with van der Waals surface area (Å²) < 4.78 is 24.2. The third kappa shape index (κ3) is 4.05. The van der Waals surface area contributed by atoms with E-state index in [-0.39, 0.29) is 18.0 Å². The highest BCUT2D eigenvalue weighted by atomic mass is 19.1. The molecule has 0 saturated carbocycles. The number of carbonyl (C=O) groups excluding carboxylic acids is 1. The fraction of sp³-hybridized carbons (Fsp3) is 0.333. The number of benzene rings is 2. The highest BCUT2D eigenvalue weighted by Gasteiger charge is 2.29. The SMILES string of the molecule is CN(CCC1OCCO1)c1ccc(N=CC2C(=O)Nc3cc(F)ccc32)cc1. The van der Waals surface area contributed by atoms with E-state index in [9.17, 15) is 9.18 Å². The molecular formula is C21H22FN3O3. The second-order valence-corrected chi connectivity index (χ2v) is 6.87. The molecule has 1 N–H and O–H groups in total. The van der Waals surface area contributed by atoms with Crippen LogP contribution in [0.4, 0.5) is 21.5 Å². The van der Waals surface area contributed by atoms with Gasteiger partial charge in [-0.1, -0.05) is 6.07 Å². The van der Waals surface area contributed by atoms with Gasteiger partial charge in [0.2, 0.25) is 5.91 Å². The Labute approximate surface area is 163 Å². The Morgan fingerprint density at radius 3 is 2.71 bits per heavy atom. The number of aliphatic imine (C=N–C) groups is 1. The number of amides is 1. The second kappa shape index (κ2) is 8.08. The molecule has 1 fully saturated rings. The molecule has 1 saturated heterocycles. The lowest BCUT2D eigenvalue weighted by molar-refractivity contribution is -0.115. The highest BCUT2D eigenvalue weighted by molar-refractivity contribution is 6.12. The van der Waals surface area contributed by atoms with E-state index in [1.165, 1.54) is 12.1 Å². The van der Waals surface area contributed by atoms with E-state index < -0.39 is 5.92 Å². The smallest absolute Gasteiger partial charge is 0.237 e. The van der Waals surface area contributed by atoms with Crippen molar-refractivity contribution in [3.8, 4) is 0 Å². The lowest BCUT2D eigenvalue weighted by Gasteiger charge is -2.20. The number of nitrogens with one attached hydrogen (secondary N) is 1. The Balaban J connectivity index is 1.38. The normalized spacial score (nSPS) is 19.2. The Morgan fingerprint density at radius 2 is 1.96 bits per heavy atom. The monoisotopic (exact) mass is 383 g/mol. The number of halogens is 1. The number of hydrogen-bond donors (Lipinski definition) is 1. The standard InChI is InChI=1S/C21H22FN3O3/c1-25(9-8-20-27-10-11-28-20)16-5-3-15(4-6-16)23-13-18-17-7-2-14(22)12-19(17)24-21(18)26/h2-7,12-13,18,20H,8-11H2,1H3,(H,24,26). The van der Waals surface area contributed by atoms with Gasteiger partial charge in [-0.25, -0.2) is 4.39 Å². The fourth-order valence-corrected chi connectivity index (χ4v) is 3.36. The molecule has 7 heteroatoms. The molecule has 28 heavy (non-hydrogen) atoms. The Hall–Kier alpha value is -2.77. The summed E-state index contributed by atoms with van der Waals surface area (Å²) in [6, 6.07) is 12.1. The van der Waals surface area contributed by atoms with Crippen molar-refractivity contribution in [1.82, 2.24) is 0 Å². The number of anilines is 2. The van der Waals surface area contributed by atoms with Gasteiger partial charge in [0.15, 0.2) is 6.29 Å². The minimum atomic E-state index is -0.510. The molecule has 2 aliphatic heterocycles. The third-order valence-corrected chi connectivity index (χ3v) is 4.94. The predicted molar refractivity (Wildman–Crippen MR) is 106 cm³/mol. The van der Waals surface area contributed by atoms with Crippen LogP contribution in [0.3, 0.4) is 0 Å². The van der Waals surface area contributed by atoms with Gasteiger partial charge in [0.05, 0.1) is 18.9 Å². The average Bonchev–Trinajstić information content (AvgIpc) is 3.31. The van der Waals surface area contributed by atoms with Gasteiger partial charge in [0, 0.05) is 37.6 Å². The number of carbonyl (C=O) groups is 1. The molecule has 2 aromatic rings. The van der Waals surface area contributed by atoms with Crippen LogP contribution in [0.2, 0.25) is 0 Å². The number of ether oxygens (including phenoxy) is 2. The van der Waals surface area contributed by atoms with Crippen LogP contribution in [0, 0.1) is 5.82 Å². The molecule has 1 unspecified atom stereocenters. The maximum absolute atomic E-state index is 13.3. The summed E-state index contributed by atoms with van der Waals surface area (Å²) in [4.78, 5) is 18.7. The van der Waals surface area contributed by atoms with Crippen LogP contribution < -0.4 is 10.2 Å². The molecule has 2 aromatic carbocycles. The van der Waals surface area contributed by atoms with Gasteiger partial charge in [-0.15, -0.1) is 0 Å². The summed E-state index contributed by atoms with van der Waals surface area (Å²) in [5.74, 6) is -1.08. The highest BCUT2D eigenvalue weighted by Crippen LogP contribution is 2.32. The topological polar surface area (TPSA) is 63.2 Å². The van der Waals surface area contributed by atoms with Crippen LogP contribution in [0.25, 0.3) is 0 Å². The Kier molecular flexibility index (Phi) is 5.36. The lowest BCUT2D eigenvalue weighted by Crippen LogP contribution is -2.23. The van der Waals surface area contributed by atoms with E-state index in [1.54, 1.807) is 12.3 Å². The predicted octanol–water partition coefficient (Wildman–Crippen LogP) is 3.46. The van der Waals surface area contributed by atoms with Crippen molar-refractivity contribution >= 4 is 29.2 Å². The van der Waals surface area contributed by atoms with Crippen LogP contribution in [0.5, 0.6) is 0 Å². The van der Waals surface area contributed by atoms with Gasteiger partial charge in [-0.05, 0) is 42.0 Å². The van der Waals surface area contributed by atoms with Gasteiger partial charge in [-0.2, -0.15) is 0 Å². The van der Waals surface area contributed by atoms with E-state index in [1.807, 2.05) is 31.3 Å². The molecule has 1 atom stereocenters. The maximum atomic E-state index is 13.3. The van der Waals surface area contributed by atoms with Gasteiger partial charge in [0.25, 0.3) is 0 Å². The Morgan fingerprint density at radius 1 is 1.21 bits per heavy atom. The van der Waals surface area contributed by atoms with Crippen molar-refractivity contribution in [2.24, 2.45) is 4.99 Å². The molecule has 2 aliphatic rings. The zero-order chi connectivity index (χ0) is 19.5. The quantitative estimate of drug-likeness (QED) is 0.776. The first-order chi connectivity index (χ1) is 13.6. The molecule has 0 aromatic heterocycles. The average molecular weight is 383 g/mol. The molecule has 146 valence electrons. The number of nitrogens with zero attached hydrogens (tertiary/aromatic N) is 2. The molecule has 6 nitrogen and oxygen atoms in total. The van der Waals surface area contributed by atoms with Crippen molar-refractivity contribution in [1.29, 1.82) is 0 Å². The van der Waals surface area contributed by atoms with E-state index >= 15 is 0 Å². The van der Waals surface area contributed by atoms with Crippen molar-refractivity contribution in [2.75, 3.05) is 37.0 Å². The van der Waals surface area contributed by atoms with Crippen LogP contribution in [0.1, 0.15) is 17.9 Å². The number of rotatable bonds is 6. The van der Waals surface area contributed by atoms with E-state index in [0.29, 0.717) is 18.9 Å². The summed E-state index contributed by atoms with van der Waals surface area (Å²) in [5.41, 5.74) is 3.07. The first kappa shape index (κ1) is 18.6. The second-order valence-electron chi connectivity index (χ2n) is 6.87. The van der Waals surface area contributed by atoms with Crippen LogP contribution in [-0.2, 0) is 14.3 Å². The zero-order valence-corrected chi connectivity index (χ0v) is 15.6. The van der Waals surface area contributed by atoms with Crippen molar-refractivity contribution in [3.63, 3.8) is 0 Å². The van der Waals surface area contributed by atoms with E-state index in [4.69, 9.17) is 9.47 Å². The van der Waals surface area contributed by atoms with Crippen LogP contribution in [-0.4, -0.2) is 45.2 Å². The molecule has 0 radical (unpaired) electrons. The van der Waals surface area contributed by atoms with E-state index in [2.05, 4.69) is 15.2 Å². The molecule has 1 amide bonds. The maximum Gasteiger partial charge on any atom is 0.237 e. The lowest BCUT2D eigenvalue weighted by atomic mass is 10.0. The summed E-state index contributed by atoms with van der Waals surface area (Å²) in [6.07, 6.45) is 2.31. The number of hydrogen-bond acceptors (Lipinski definition) is 5. The summed E-state index contributed by atoms with van der Waals surface area (Å²) >= 11 is 0. The molecule has 0 bridgehead atoms. The fourth-order valence-electron chi connectivity index (χ4n) is 3.36. The molecule has 0 spiro atoms. The first-order valence-corrected chi connectivity index (χ1v) is 9.29. The summed E-state index contributed by atoms with van der Waals surface area (Å²) in [7, 11) is 2.02. The van der Waals surface area contributed by atoms with Gasteiger partial charge in [0.1, 0.15) is 11.7 Å². The molecule has 2 heterocycles. The van der Waals surface area contributed by atoms with Crippen LogP contribution in [0.15, 0.2) is 47.5 Å². The third-order valence-electron chi connectivity index (χ3n) is 4.94. The minimum absolute atomic E-state index is 0.111. The summed E-state index contributed by atoms with van der Waals surface area (Å²) in [5, 5.41) is 2.69. The van der Waals surface area contributed by atoms with Crippen LogP contribution >= 0.6 is 0 Å². The zero-order valence-electron chi connectivity index (χ0n) is 15.6. The molecular weight excluding hydrogens is 361 g/mol. The van der Waals surface area contributed by atoms with Crippen molar-refractivity contribution in [3.05, 3.63) is 53.8 Å². The van der Waals surface area contributed by atoms with Gasteiger partial charge >= 0.3 is 0 Å². The largest absolute Gasteiger partial charge is 0.374 e. The van der Waals surface area contributed by atoms with Crippen molar-refractivity contribution < 1.29 is 18.7 Å². The molecule has 4 rings (SSSR count). The van der Waals surface area contributed by atoms with Gasteiger partial charge in [-0.3, -0.25) is 9.79 Å². The summed E-state index contributed by atoms with van der Waals surface area (Å²) in [6.45, 7) is 2.15. The number of fused-ring (bicyclic) bond motifs is 1. The Bertz CT molecular complexity index is 879. The van der Waals surface area contributed by atoms with Gasteiger partial charge < -0.3 is 19.7 Å². The van der Waals surface area contributed by atoms with Crippen molar-refractivity contribution in [2.45, 2.75) is 18.6 Å².